The average molecular weight is 590 g/mol. The van der Waals surface area contributed by atoms with Crippen molar-refractivity contribution in [2.45, 2.75) is 30.1 Å². The van der Waals surface area contributed by atoms with Crippen LogP contribution in [0.15, 0.2) is 104 Å². The maximum Gasteiger partial charge on any atom is 0.397 e. The predicted octanol–water partition coefficient (Wildman–Crippen LogP) is 2.86. The molecule has 4 atom stereocenters. The van der Waals surface area contributed by atoms with E-state index in [0.717, 1.165) is 16.7 Å². The van der Waals surface area contributed by atoms with E-state index in [0.29, 0.717) is 0 Å². The minimum atomic E-state index is -4.99. The Kier molecular flexibility index (Phi) is 7.45. The normalized spacial score (nSPS) is 21.1. The first-order chi connectivity index (χ1) is 20.3. The molecule has 3 aromatic carbocycles. The molecule has 1 saturated heterocycles. The van der Waals surface area contributed by atoms with Crippen molar-refractivity contribution in [1.82, 2.24) is 19.5 Å². The van der Waals surface area contributed by atoms with Crippen LogP contribution < -0.4 is 5.73 Å². The van der Waals surface area contributed by atoms with Gasteiger partial charge in [0.1, 0.15) is 29.7 Å². The number of nitrogen functional groups attached to an aromatic ring is 1. The van der Waals surface area contributed by atoms with Gasteiger partial charge in [-0.15, -0.1) is 0 Å². The van der Waals surface area contributed by atoms with Crippen LogP contribution in [-0.4, -0.2) is 62.5 Å². The van der Waals surface area contributed by atoms with Crippen molar-refractivity contribution in [2.24, 2.45) is 0 Å². The molecule has 0 aliphatic carbocycles. The summed E-state index contributed by atoms with van der Waals surface area (Å²) in [5.41, 5.74) is 7.72. The Labute approximate surface area is 241 Å². The largest absolute Gasteiger partial charge is 0.397 e. The van der Waals surface area contributed by atoms with E-state index in [4.69, 9.17) is 19.4 Å². The van der Waals surface area contributed by atoms with Crippen molar-refractivity contribution in [3.05, 3.63) is 120 Å². The number of aromatic nitrogens is 4. The molecule has 1 aliphatic rings. The number of rotatable bonds is 9. The van der Waals surface area contributed by atoms with Gasteiger partial charge in [0.2, 0.25) is 0 Å². The van der Waals surface area contributed by atoms with Crippen molar-refractivity contribution in [2.75, 3.05) is 12.3 Å². The Balaban J connectivity index is 1.40. The summed E-state index contributed by atoms with van der Waals surface area (Å²) in [7, 11) is -4.99. The average Bonchev–Trinajstić information content (AvgIpc) is 3.56. The lowest BCUT2D eigenvalue weighted by molar-refractivity contribution is -0.0939. The molecule has 1 aliphatic heterocycles. The van der Waals surface area contributed by atoms with Gasteiger partial charge >= 0.3 is 10.4 Å². The van der Waals surface area contributed by atoms with Crippen LogP contribution in [0.2, 0.25) is 0 Å². The summed E-state index contributed by atoms with van der Waals surface area (Å²) < 4.78 is 52.4. The molecule has 6 rings (SSSR count). The summed E-state index contributed by atoms with van der Waals surface area (Å²) in [6.07, 6.45) is -2.95. The molecule has 1 fully saturated rings. The van der Waals surface area contributed by atoms with Crippen LogP contribution >= 0.6 is 0 Å². The summed E-state index contributed by atoms with van der Waals surface area (Å²) >= 11 is 0. The van der Waals surface area contributed by atoms with Crippen LogP contribution in [0.25, 0.3) is 11.2 Å². The highest BCUT2D eigenvalue weighted by atomic mass is 32.3. The molecule has 0 bridgehead atoms. The van der Waals surface area contributed by atoms with E-state index in [2.05, 4.69) is 15.0 Å². The van der Waals surface area contributed by atoms with Gasteiger partial charge < -0.3 is 20.3 Å². The van der Waals surface area contributed by atoms with Crippen molar-refractivity contribution < 1.29 is 31.7 Å². The number of benzene rings is 3. The molecular formula is C29H27N5O7S. The standard InChI is InChI=1S/C29H27N5O7S/c30-26-23-27(32-17-31-26)34(18-33-23)28-25(41-42(36,37)38)24(35)22(40-28)16-39-29(19-10-4-1-5-11-19,20-12-6-2-7-13-20)21-14-8-3-9-15-21/h1-15,17-18,22,24-25,28,35H,16H2,(H2,30,31,32)(H,36,37,38)/t22-,24-,25-,28-/m1/s1. The molecule has 13 heteroatoms. The van der Waals surface area contributed by atoms with Gasteiger partial charge in [0.25, 0.3) is 0 Å². The first-order valence-corrected chi connectivity index (χ1v) is 14.4. The van der Waals surface area contributed by atoms with Gasteiger partial charge in [0, 0.05) is 0 Å². The Hall–Kier alpha value is -4.24. The van der Waals surface area contributed by atoms with Crippen LogP contribution in [0.5, 0.6) is 0 Å². The third kappa shape index (κ3) is 5.13. The predicted molar refractivity (Wildman–Crippen MR) is 151 cm³/mol. The molecule has 3 heterocycles. The zero-order chi connectivity index (χ0) is 29.3. The number of nitrogens with two attached hydrogens (primary N) is 1. The van der Waals surface area contributed by atoms with Crippen LogP contribution in [0, 0.1) is 0 Å². The fourth-order valence-corrected chi connectivity index (χ4v) is 5.85. The molecular weight excluding hydrogens is 562 g/mol. The topological polar surface area (TPSA) is 172 Å². The zero-order valence-electron chi connectivity index (χ0n) is 22.0. The first-order valence-electron chi connectivity index (χ1n) is 13.0. The molecule has 0 unspecified atom stereocenters. The summed E-state index contributed by atoms with van der Waals surface area (Å²) in [6, 6.07) is 28.8. The Morgan fingerprint density at radius 3 is 1.95 bits per heavy atom. The maximum atomic E-state index is 11.8. The lowest BCUT2D eigenvalue weighted by Crippen LogP contribution is -2.40. The minimum Gasteiger partial charge on any atom is -0.387 e. The third-order valence-electron chi connectivity index (χ3n) is 7.21. The van der Waals surface area contributed by atoms with Gasteiger partial charge in [0.05, 0.1) is 12.9 Å². The van der Waals surface area contributed by atoms with E-state index >= 15 is 0 Å². The number of nitrogens with zero attached hydrogens (tertiary/aromatic N) is 4. The zero-order valence-corrected chi connectivity index (χ0v) is 22.9. The van der Waals surface area contributed by atoms with Gasteiger partial charge in [-0.3, -0.25) is 9.12 Å². The van der Waals surface area contributed by atoms with Crippen LogP contribution in [0.4, 0.5) is 5.82 Å². The maximum absolute atomic E-state index is 11.8. The third-order valence-corrected chi connectivity index (χ3v) is 7.68. The Bertz CT molecular complexity index is 1680. The number of anilines is 1. The molecule has 12 nitrogen and oxygen atoms in total. The number of imidazole rings is 1. The molecule has 5 aromatic rings. The van der Waals surface area contributed by atoms with Crippen molar-refractivity contribution in [3.8, 4) is 0 Å². The van der Waals surface area contributed by atoms with E-state index in [1.54, 1.807) is 0 Å². The smallest absolute Gasteiger partial charge is 0.387 e. The highest BCUT2D eigenvalue weighted by Crippen LogP contribution is 2.42. The van der Waals surface area contributed by atoms with E-state index < -0.39 is 40.5 Å². The van der Waals surface area contributed by atoms with Gasteiger partial charge in [-0.25, -0.2) is 19.1 Å². The monoisotopic (exact) mass is 589 g/mol. The van der Waals surface area contributed by atoms with Crippen molar-refractivity contribution in [1.29, 1.82) is 0 Å². The van der Waals surface area contributed by atoms with Crippen LogP contribution in [-0.2, 0) is 29.7 Å². The number of hydrogen-bond acceptors (Lipinski definition) is 10. The fraction of sp³-hybridized carbons (Fsp3) is 0.207. The molecule has 0 amide bonds. The molecule has 0 spiro atoms. The number of hydrogen-bond donors (Lipinski definition) is 3. The highest BCUT2D eigenvalue weighted by Gasteiger charge is 2.50. The van der Waals surface area contributed by atoms with Gasteiger partial charge in [-0.2, -0.15) is 8.42 Å². The van der Waals surface area contributed by atoms with E-state index in [9.17, 15) is 18.1 Å². The first kappa shape index (κ1) is 27.9. The number of fused-ring (bicyclic) bond motifs is 1. The van der Waals surface area contributed by atoms with E-state index in [1.165, 1.54) is 17.2 Å². The highest BCUT2D eigenvalue weighted by molar-refractivity contribution is 7.80. The number of ether oxygens (including phenoxy) is 2. The lowest BCUT2D eigenvalue weighted by Gasteiger charge is -2.37. The second-order valence-electron chi connectivity index (χ2n) is 9.72. The molecule has 2 aromatic heterocycles. The van der Waals surface area contributed by atoms with Crippen LogP contribution in [0.1, 0.15) is 22.9 Å². The summed E-state index contributed by atoms with van der Waals surface area (Å²) in [5.74, 6) is 0.0998. The lowest BCUT2D eigenvalue weighted by atomic mass is 9.80. The Morgan fingerprint density at radius 1 is 0.881 bits per heavy atom. The van der Waals surface area contributed by atoms with Crippen LogP contribution in [0.3, 0.4) is 0 Å². The fourth-order valence-electron chi connectivity index (χ4n) is 5.36. The van der Waals surface area contributed by atoms with Gasteiger partial charge in [-0.1, -0.05) is 91.0 Å². The SMILES string of the molecule is Nc1ncnc2c1ncn2[C@@H]1O[C@H](COC(c2ccccc2)(c2ccccc2)c2ccccc2)[C@@H](O)[C@H]1OS(=O)(=O)O. The molecule has 0 radical (unpaired) electrons. The quantitative estimate of drug-likeness (QED) is 0.170. The van der Waals surface area contributed by atoms with Gasteiger partial charge in [-0.05, 0) is 16.7 Å². The number of aliphatic hydroxyl groups excluding tert-OH is 1. The second kappa shape index (κ2) is 11.2. The summed E-state index contributed by atoms with van der Waals surface area (Å²) in [4.78, 5) is 12.3. The van der Waals surface area contributed by atoms with Crippen molar-refractivity contribution >= 4 is 27.4 Å². The Morgan fingerprint density at radius 2 is 1.43 bits per heavy atom. The van der Waals surface area contributed by atoms with Gasteiger partial charge in [0.15, 0.2) is 23.8 Å². The summed E-state index contributed by atoms with van der Waals surface area (Å²) in [6.45, 7) is -0.203. The summed E-state index contributed by atoms with van der Waals surface area (Å²) in [5, 5.41) is 11.3. The molecule has 216 valence electrons. The molecule has 4 N–H and O–H groups in total. The second-order valence-corrected chi connectivity index (χ2v) is 10.8. The molecule has 0 saturated carbocycles. The minimum absolute atomic E-state index is 0.0998. The van der Waals surface area contributed by atoms with E-state index in [1.807, 2.05) is 91.0 Å². The molecule has 42 heavy (non-hydrogen) atoms. The van der Waals surface area contributed by atoms with Crippen molar-refractivity contribution in [3.63, 3.8) is 0 Å². The van der Waals surface area contributed by atoms with E-state index in [-0.39, 0.29) is 23.6 Å². The number of aliphatic hydroxyl groups is 1.